The summed E-state index contributed by atoms with van der Waals surface area (Å²) in [7, 11) is 0. The van der Waals surface area contributed by atoms with Gasteiger partial charge in [-0.2, -0.15) is 0 Å². The SMILES string of the molecule is Cc1cccc(C(C)(C)CCc2ccc(C(C)(C)C)nc2)n1. The van der Waals surface area contributed by atoms with Crippen molar-refractivity contribution in [1.82, 2.24) is 9.97 Å². The highest BCUT2D eigenvalue weighted by Crippen LogP contribution is 2.27. The first kappa shape index (κ1) is 16.7. The van der Waals surface area contributed by atoms with Gasteiger partial charge in [0.2, 0.25) is 0 Å². The van der Waals surface area contributed by atoms with Gasteiger partial charge in [-0.05, 0) is 43.5 Å². The van der Waals surface area contributed by atoms with Crippen molar-refractivity contribution >= 4 is 0 Å². The first-order valence-electron chi connectivity index (χ1n) is 8.08. The molecule has 118 valence electrons. The highest BCUT2D eigenvalue weighted by Gasteiger charge is 2.22. The van der Waals surface area contributed by atoms with Crippen molar-refractivity contribution in [3.8, 4) is 0 Å². The molecule has 2 nitrogen and oxygen atoms in total. The lowest BCUT2D eigenvalue weighted by molar-refractivity contribution is 0.464. The Morgan fingerprint density at radius 1 is 0.909 bits per heavy atom. The molecule has 0 aliphatic rings. The molecule has 0 unspecified atom stereocenters. The Morgan fingerprint density at radius 2 is 1.64 bits per heavy atom. The van der Waals surface area contributed by atoms with Crippen molar-refractivity contribution in [3.05, 3.63) is 59.2 Å². The van der Waals surface area contributed by atoms with Gasteiger partial charge in [-0.1, -0.05) is 46.8 Å². The maximum atomic E-state index is 4.69. The summed E-state index contributed by atoms with van der Waals surface area (Å²) in [4.78, 5) is 9.31. The van der Waals surface area contributed by atoms with E-state index in [9.17, 15) is 0 Å². The third-order valence-corrected chi connectivity index (χ3v) is 4.21. The Kier molecular flexibility index (Phi) is 4.69. The van der Waals surface area contributed by atoms with E-state index in [0.29, 0.717) is 0 Å². The molecule has 0 saturated carbocycles. The van der Waals surface area contributed by atoms with Gasteiger partial charge in [0, 0.05) is 34.1 Å². The van der Waals surface area contributed by atoms with Crippen LogP contribution in [0.2, 0.25) is 0 Å². The molecule has 0 fully saturated rings. The number of hydrogen-bond donors (Lipinski definition) is 0. The van der Waals surface area contributed by atoms with Crippen LogP contribution in [0, 0.1) is 6.92 Å². The van der Waals surface area contributed by atoms with Gasteiger partial charge in [0.15, 0.2) is 0 Å². The second-order valence-electron chi connectivity index (χ2n) is 7.85. The molecule has 2 aromatic rings. The molecule has 0 bridgehead atoms. The molecule has 22 heavy (non-hydrogen) atoms. The topological polar surface area (TPSA) is 25.8 Å². The van der Waals surface area contributed by atoms with Gasteiger partial charge in [-0.25, -0.2) is 0 Å². The Labute approximate surface area is 135 Å². The van der Waals surface area contributed by atoms with Crippen LogP contribution in [0.25, 0.3) is 0 Å². The summed E-state index contributed by atoms with van der Waals surface area (Å²) < 4.78 is 0. The van der Waals surface area contributed by atoms with Gasteiger partial charge >= 0.3 is 0 Å². The van der Waals surface area contributed by atoms with E-state index in [-0.39, 0.29) is 10.8 Å². The van der Waals surface area contributed by atoms with E-state index >= 15 is 0 Å². The smallest absolute Gasteiger partial charge is 0.0463 e. The van der Waals surface area contributed by atoms with Crippen LogP contribution in [-0.4, -0.2) is 9.97 Å². The van der Waals surface area contributed by atoms with E-state index < -0.39 is 0 Å². The molecule has 0 N–H and O–H groups in total. The van der Waals surface area contributed by atoms with E-state index in [1.807, 2.05) is 6.20 Å². The van der Waals surface area contributed by atoms with E-state index in [1.165, 1.54) is 11.3 Å². The molecule has 0 saturated heterocycles. The largest absolute Gasteiger partial charge is 0.260 e. The number of hydrogen-bond acceptors (Lipinski definition) is 2. The monoisotopic (exact) mass is 296 g/mol. The number of rotatable bonds is 4. The molecule has 2 heteroatoms. The molecular weight excluding hydrogens is 268 g/mol. The predicted molar refractivity (Wildman–Crippen MR) is 93.3 cm³/mol. The summed E-state index contributed by atoms with van der Waals surface area (Å²) in [5, 5.41) is 0. The van der Waals surface area contributed by atoms with Crippen molar-refractivity contribution in [3.63, 3.8) is 0 Å². The highest BCUT2D eigenvalue weighted by atomic mass is 14.7. The lowest BCUT2D eigenvalue weighted by Crippen LogP contribution is -2.20. The van der Waals surface area contributed by atoms with E-state index in [2.05, 4.69) is 81.8 Å². The first-order valence-corrected chi connectivity index (χ1v) is 8.08. The highest BCUT2D eigenvalue weighted by molar-refractivity contribution is 5.21. The fourth-order valence-electron chi connectivity index (χ4n) is 2.52. The maximum Gasteiger partial charge on any atom is 0.0463 e. The molecule has 0 amide bonds. The number of pyridine rings is 2. The quantitative estimate of drug-likeness (QED) is 0.794. The normalized spacial score (nSPS) is 12.5. The number of aromatic nitrogens is 2. The van der Waals surface area contributed by atoms with Crippen LogP contribution < -0.4 is 0 Å². The number of aryl methyl sites for hydroxylation is 2. The molecule has 2 heterocycles. The minimum atomic E-state index is 0.0781. The van der Waals surface area contributed by atoms with E-state index in [4.69, 9.17) is 0 Å². The molecule has 0 aliphatic heterocycles. The van der Waals surface area contributed by atoms with Crippen molar-refractivity contribution in [1.29, 1.82) is 0 Å². The van der Waals surface area contributed by atoms with Crippen molar-refractivity contribution in [2.24, 2.45) is 0 Å². The van der Waals surface area contributed by atoms with Crippen LogP contribution in [0.3, 0.4) is 0 Å². The Balaban J connectivity index is 2.06. The van der Waals surface area contributed by atoms with Crippen molar-refractivity contribution in [2.75, 3.05) is 0 Å². The Morgan fingerprint density at radius 3 is 2.18 bits per heavy atom. The van der Waals surface area contributed by atoms with Crippen molar-refractivity contribution in [2.45, 2.75) is 65.2 Å². The average Bonchev–Trinajstić information content (AvgIpc) is 2.45. The second kappa shape index (κ2) is 6.20. The molecular formula is C20H28N2. The van der Waals surface area contributed by atoms with Gasteiger partial charge in [0.25, 0.3) is 0 Å². The van der Waals surface area contributed by atoms with Crippen LogP contribution in [0.15, 0.2) is 36.5 Å². The third-order valence-electron chi connectivity index (χ3n) is 4.21. The predicted octanol–water partition coefficient (Wildman–Crippen LogP) is 4.99. The molecule has 0 atom stereocenters. The fraction of sp³-hybridized carbons (Fsp3) is 0.500. The molecule has 0 aromatic carbocycles. The molecule has 2 rings (SSSR count). The number of nitrogens with zero attached hydrogens (tertiary/aromatic N) is 2. The van der Waals surface area contributed by atoms with Gasteiger partial charge in [-0.3, -0.25) is 9.97 Å². The average molecular weight is 296 g/mol. The summed E-state index contributed by atoms with van der Waals surface area (Å²) in [6.07, 6.45) is 4.13. The van der Waals surface area contributed by atoms with Crippen LogP contribution >= 0.6 is 0 Å². The summed E-state index contributed by atoms with van der Waals surface area (Å²) in [6.45, 7) is 13.2. The molecule has 0 spiro atoms. The van der Waals surface area contributed by atoms with Gasteiger partial charge < -0.3 is 0 Å². The fourth-order valence-corrected chi connectivity index (χ4v) is 2.52. The van der Waals surface area contributed by atoms with Crippen LogP contribution in [-0.2, 0) is 17.3 Å². The maximum absolute atomic E-state index is 4.69. The van der Waals surface area contributed by atoms with Crippen LogP contribution in [0.4, 0.5) is 0 Å². The summed E-state index contributed by atoms with van der Waals surface area (Å²) >= 11 is 0. The van der Waals surface area contributed by atoms with Gasteiger partial charge in [0.1, 0.15) is 0 Å². The van der Waals surface area contributed by atoms with E-state index in [0.717, 1.165) is 24.2 Å². The minimum absolute atomic E-state index is 0.0781. The minimum Gasteiger partial charge on any atom is -0.260 e. The zero-order valence-electron chi connectivity index (χ0n) is 14.8. The third kappa shape index (κ3) is 4.16. The van der Waals surface area contributed by atoms with Crippen LogP contribution in [0.5, 0.6) is 0 Å². The van der Waals surface area contributed by atoms with Gasteiger partial charge in [0.05, 0.1) is 0 Å². The Bertz CT molecular complexity index is 619. The Hall–Kier alpha value is -1.70. The van der Waals surface area contributed by atoms with Crippen LogP contribution in [0.1, 0.15) is 63.7 Å². The lowest BCUT2D eigenvalue weighted by Gasteiger charge is -2.24. The van der Waals surface area contributed by atoms with Crippen molar-refractivity contribution < 1.29 is 0 Å². The zero-order valence-corrected chi connectivity index (χ0v) is 14.8. The molecule has 0 aliphatic carbocycles. The second-order valence-corrected chi connectivity index (χ2v) is 7.85. The van der Waals surface area contributed by atoms with Gasteiger partial charge in [-0.15, -0.1) is 0 Å². The summed E-state index contributed by atoms with van der Waals surface area (Å²) in [5.74, 6) is 0. The zero-order chi connectivity index (χ0) is 16.4. The lowest BCUT2D eigenvalue weighted by atomic mass is 9.82. The first-order chi connectivity index (χ1) is 10.2. The molecule has 2 aromatic heterocycles. The molecule has 0 radical (unpaired) electrons. The standard InChI is InChI=1S/C20H28N2/c1-15-8-7-9-18(22-15)20(5,6)13-12-16-10-11-17(21-14-16)19(2,3)4/h7-11,14H,12-13H2,1-6H3. The summed E-state index contributed by atoms with van der Waals surface area (Å²) in [5.41, 5.74) is 4.90. The summed E-state index contributed by atoms with van der Waals surface area (Å²) in [6, 6.07) is 10.7. The van der Waals surface area contributed by atoms with E-state index in [1.54, 1.807) is 0 Å².